The van der Waals surface area contributed by atoms with Gasteiger partial charge in [-0.15, -0.1) is 11.6 Å². The van der Waals surface area contributed by atoms with E-state index in [4.69, 9.17) is 17.3 Å². The van der Waals surface area contributed by atoms with Crippen molar-refractivity contribution in [3.8, 4) is 0 Å². The smallest absolute Gasteiger partial charge is 0.242 e. The predicted molar refractivity (Wildman–Crippen MR) is 149 cm³/mol. The molecular weight excluding hydrogens is 589 g/mol. The Balaban J connectivity index is 0.000000408. The first-order chi connectivity index (χ1) is 17.0. The molecule has 3 N–H and O–H groups in total. The van der Waals surface area contributed by atoms with Crippen molar-refractivity contribution in [2.24, 2.45) is 5.73 Å². The number of halogens is 1. The van der Waals surface area contributed by atoms with Crippen molar-refractivity contribution >= 4 is 21.6 Å². The Hall–Kier alpha value is -2.34. The Morgan fingerprint density at radius 2 is 1.14 bits per heavy atom. The molecule has 0 amide bonds. The zero-order valence-corrected chi connectivity index (χ0v) is 24.7. The van der Waals surface area contributed by atoms with Gasteiger partial charge >= 0.3 is 0 Å². The summed E-state index contributed by atoms with van der Waals surface area (Å²) >= 11 is 6.71. The van der Waals surface area contributed by atoms with Crippen molar-refractivity contribution < 1.29 is 27.9 Å². The van der Waals surface area contributed by atoms with E-state index in [1.54, 1.807) is 48.5 Å². The van der Waals surface area contributed by atoms with Crippen molar-refractivity contribution in [3.63, 3.8) is 0 Å². The SMILES string of the molecule is Cc1cc(C)cc(C)c1.Cc1ccc(S(=O)(=O)N[C@](N)(c2ccccc2)[C@H](Cl)c2ccccc2)cc1.[Ru]. The largest absolute Gasteiger partial charge is 0.307 e. The van der Waals surface area contributed by atoms with Crippen LogP contribution in [0.2, 0.25) is 0 Å². The van der Waals surface area contributed by atoms with Gasteiger partial charge in [0.15, 0.2) is 0 Å². The fraction of sp³-hybridized carbons (Fsp3) is 0.200. The molecule has 0 heterocycles. The van der Waals surface area contributed by atoms with Crippen LogP contribution < -0.4 is 10.5 Å². The molecule has 0 saturated carbocycles. The van der Waals surface area contributed by atoms with Crippen molar-refractivity contribution in [2.75, 3.05) is 0 Å². The summed E-state index contributed by atoms with van der Waals surface area (Å²) < 4.78 is 28.7. The predicted octanol–water partition coefficient (Wildman–Crippen LogP) is 6.67. The molecule has 0 saturated heterocycles. The van der Waals surface area contributed by atoms with Gasteiger partial charge in [0.2, 0.25) is 10.0 Å². The summed E-state index contributed by atoms with van der Waals surface area (Å²) in [5.74, 6) is 0. The number of hydrogen-bond donors (Lipinski definition) is 2. The van der Waals surface area contributed by atoms with Gasteiger partial charge in [0.05, 0.1) is 10.3 Å². The molecule has 2 atom stereocenters. The van der Waals surface area contributed by atoms with Gasteiger partial charge in [-0.05, 0) is 51.0 Å². The van der Waals surface area contributed by atoms with E-state index in [0.29, 0.717) is 5.56 Å². The molecule has 0 aliphatic heterocycles. The Bertz CT molecular complexity index is 1330. The van der Waals surface area contributed by atoms with Gasteiger partial charge in [-0.1, -0.05) is 113 Å². The second kappa shape index (κ2) is 13.5. The Morgan fingerprint density at radius 3 is 1.59 bits per heavy atom. The maximum atomic E-state index is 13.0. The Kier molecular flexibility index (Phi) is 11.2. The molecule has 0 bridgehead atoms. The third-order valence-corrected chi connectivity index (χ3v) is 7.84. The first-order valence-electron chi connectivity index (χ1n) is 11.7. The van der Waals surface area contributed by atoms with Crippen molar-refractivity contribution in [3.05, 3.63) is 137 Å². The molecule has 0 spiro atoms. The summed E-state index contributed by atoms with van der Waals surface area (Å²) in [6.45, 7) is 8.27. The number of hydrogen-bond acceptors (Lipinski definition) is 3. The zero-order chi connectivity index (χ0) is 26.3. The molecular formula is C30H33ClN2O2RuS. The number of rotatable bonds is 6. The van der Waals surface area contributed by atoms with E-state index in [2.05, 4.69) is 43.7 Å². The molecule has 4 nitrogen and oxygen atoms in total. The van der Waals surface area contributed by atoms with Crippen LogP contribution in [0.3, 0.4) is 0 Å². The number of alkyl halides is 1. The van der Waals surface area contributed by atoms with E-state index >= 15 is 0 Å². The standard InChI is InChI=1S/C21H21ClN2O2S.C9H12.Ru/c1-16-12-14-19(15-13-16)27(25,26)24-21(23,18-10-6-3-7-11-18)20(22)17-8-4-2-5-9-17;1-7-4-8(2)6-9(3)5-7;/h2-15,20,24H,23H2,1H3;4-6H,1-3H3;/t20-,21-;;/m1../s1. The van der Waals surface area contributed by atoms with E-state index in [0.717, 1.165) is 11.1 Å². The molecule has 37 heavy (non-hydrogen) atoms. The zero-order valence-electron chi connectivity index (χ0n) is 21.4. The van der Waals surface area contributed by atoms with Crippen LogP contribution in [0.1, 0.15) is 38.8 Å². The number of sulfonamides is 1. The Morgan fingerprint density at radius 1 is 0.703 bits per heavy atom. The summed E-state index contributed by atoms with van der Waals surface area (Å²) in [6.07, 6.45) is 0. The monoisotopic (exact) mass is 622 g/mol. The molecule has 0 aromatic heterocycles. The fourth-order valence-corrected chi connectivity index (χ4v) is 5.74. The third kappa shape index (κ3) is 8.33. The molecule has 4 aromatic rings. The molecule has 7 heteroatoms. The van der Waals surface area contributed by atoms with Crippen LogP contribution in [-0.4, -0.2) is 8.42 Å². The maximum absolute atomic E-state index is 13.0. The summed E-state index contributed by atoms with van der Waals surface area (Å²) in [4.78, 5) is 0.135. The molecule has 0 unspecified atom stereocenters. The Labute approximate surface area is 239 Å². The number of aryl methyl sites for hydroxylation is 4. The molecule has 0 radical (unpaired) electrons. The van der Waals surface area contributed by atoms with Crippen molar-refractivity contribution in [1.82, 2.24) is 4.72 Å². The van der Waals surface area contributed by atoms with Crippen LogP contribution in [0.25, 0.3) is 0 Å². The van der Waals surface area contributed by atoms with Gasteiger partial charge < -0.3 is 5.73 Å². The summed E-state index contributed by atoms with van der Waals surface area (Å²) in [6, 6.07) is 31.3. The second-order valence-electron chi connectivity index (χ2n) is 9.09. The van der Waals surface area contributed by atoms with Gasteiger partial charge in [0, 0.05) is 19.5 Å². The van der Waals surface area contributed by atoms with E-state index in [1.807, 2.05) is 43.3 Å². The average molecular weight is 622 g/mol. The minimum atomic E-state index is -3.90. The summed E-state index contributed by atoms with van der Waals surface area (Å²) in [5, 5.41) is -0.818. The van der Waals surface area contributed by atoms with E-state index in [1.165, 1.54) is 16.7 Å². The topological polar surface area (TPSA) is 72.2 Å². The number of nitrogens with two attached hydrogens (primary N) is 1. The van der Waals surface area contributed by atoms with Crippen LogP contribution >= 0.6 is 11.6 Å². The first kappa shape index (κ1) is 30.9. The van der Waals surface area contributed by atoms with E-state index in [-0.39, 0.29) is 24.4 Å². The van der Waals surface area contributed by atoms with Gasteiger partial charge in [-0.25, -0.2) is 8.42 Å². The average Bonchev–Trinajstić information content (AvgIpc) is 2.84. The maximum Gasteiger partial charge on any atom is 0.242 e. The molecule has 0 fully saturated rings. The van der Waals surface area contributed by atoms with Crippen molar-refractivity contribution in [2.45, 2.75) is 43.6 Å². The van der Waals surface area contributed by atoms with Crippen molar-refractivity contribution in [1.29, 1.82) is 0 Å². The van der Waals surface area contributed by atoms with Crippen LogP contribution in [-0.2, 0) is 35.2 Å². The number of nitrogens with one attached hydrogen (secondary N) is 1. The van der Waals surface area contributed by atoms with Gasteiger partial charge in [0.25, 0.3) is 0 Å². The number of benzene rings is 4. The van der Waals surface area contributed by atoms with Crippen LogP contribution in [0.15, 0.2) is 108 Å². The molecule has 196 valence electrons. The fourth-order valence-electron chi connectivity index (χ4n) is 4.06. The quantitative estimate of drug-likeness (QED) is 0.143. The van der Waals surface area contributed by atoms with E-state index in [9.17, 15) is 8.42 Å². The molecule has 4 rings (SSSR count). The van der Waals surface area contributed by atoms with Crippen LogP contribution in [0, 0.1) is 27.7 Å². The molecule has 4 aromatic carbocycles. The second-order valence-corrected chi connectivity index (χ2v) is 11.2. The normalized spacial score (nSPS) is 13.4. The van der Waals surface area contributed by atoms with Gasteiger partial charge in [-0.2, -0.15) is 4.72 Å². The molecule has 0 aliphatic carbocycles. The third-order valence-electron chi connectivity index (χ3n) is 5.74. The summed E-state index contributed by atoms with van der Waals surface area (Å²) in [7, 11) is -3.90. The molecule has 0 aliphatic rings. The van der Waals surface area contributed by atoms with Gasteiger partial charge in [0.1, 0.15) is 5.66 Å². The first-order valence-corrected chi connectivity index (χ1v) is 13.6. The van der Waals surface area contributed by atoms with Crippen LogP contribution in [0.4, 0.5) is 0 Å². The van der Waals surface area contributed by atoms with Crippen LogP contribution in [0.5, 0.6) is 0 Å². The van der Waals surface area contributed by atoms with E-state index < -0.39 is 21.1 Å². The van der Waals surface area contributed by atoms with Gasteiger partial charge in [-0.3, -0.25) is 0 Å². The minimum Gasteiger partial charge on any atom is -0.307 e. The summed E-state index contributed by atoms with van der Waals surface area (Å²) in [5.41, 5.74) is 11.4. The minimum absolute atomic E-state index is 0.